The second-order valence-corrected chi connectivity index (χ2v) is 10.6. The van der Waals surface area contributed by atoms with Crippen molar-refractivity contribution in [2.24, 2.45) is 0 Å². The van der Waals surface area contributed by atoms with E-state index in [0.29, 0.717) is 42.4 Å². The molecule has 198 valence electrons. The van der Waals surface area contributed by atoms with E-state index < -0.39 is 0 Å². The summed E-state index contributed by atoms with van der Waals surface area (Å²) in [6.07, 6.45) is 4.68. The number of ether oxygens (including phenoxy) is 2. The molecule has 2 atom stereocenters. The van der Waals surface area contributed by atoms with Crippen LogP contribution in [-0.4, -0.2) is 80.4 Å². The first-order valence-corrected chi connectivity index (χ1v) is 13.6. The molecule has 3 aliphatic heterocycles. The second kappa shape index (κ2) is 11.7. The molecule has 0 aliphatic carbocycles. The largest absolute Gasteiger partial charge is 0.495 e. The van der Waals surface area contributed by atoms with Gasteiger partial charge in [-0.05, 0) is 57.5 Å². The average molecular weight is 526 g/mol. The lowest BCUT2D eigenvalue weighted by molar-refractivity contribution is 0.187. The highest BCUT2D eigenvalue weighted by atomic mass is 35.5. The van der Waals surface area contributed by atoms with Gasteiger partial charge in [0.25, 0.3) is 0 Å². The number of nitriles is 1. The molecule has 1 unspecified atom stereocenters. The van der Waals surface area contributed by atoms with Crippen LogP contribution in [0.4, 0.5) is 11.5 Å². The molecule has 0 bridgehead atoms. The number of aromatic nitrogens is 2. The standard InChI is InChI=1S/C27H36ClN7O2/c1-33-12-3-5-21(33)18-37-27-31-24-17-34(20-7-8-25(36-2)23(28)15-20)13-4-6-22(24)26(32-27)35-14-11-30-19(16-35)9-10-29/h7-8,15,19,21,30H,3-6,9,11-14,16-18H2,1-2H3/t19?,21-/m0/s1. The molecule has 10 heteroatoms. The summed E-state index contributed by atoms with van der Waals surface area (Å²) in [7, 11) is 3.78. The van der Waals surface area contributed by atoms with Crippen molar-refractivity contribution in [1.29, 1.82) is 5.26 Å². The van der Waals surface area contributed by atoms with Crippen molar-refractivity contribution in [3.05, 3.63) is 34.5 Å². The second-order valence-electron chi connectivity index (χ2n) is 10.1. The van der Waals surface area contributed by atoms with E-state index in [0.717, 1.165) is 69.2 Å². The number of nitrogens with one attached hydrogen (secondary N) is 1. The fraction of sp³-hybridized carbons (Fsp3) is 0.593. The first-order chi connectivity index (χ1) is 18.1. The van der Waals surface area contributed by atoms with E-state index in [-0.39, 0.29) is 6.04 Å². The summed E-state index contributed by atoms with van der Waals surface area (Å²) in [5, 5.41) is 13.3. The van der Waals surface area contributed by atoms with Crippen molar-refractivity contribution < 1.29 is 9.47 Å². The van der Waals surface area contributed by atoms with Gasteiger partial charge in [-0.2, -0.15) is 15.2 Å². The number of rotatable bonds is 7. The number of likely N-dealkylation sites (N-methyl/N-ethyl adjacent to an activating group) is 1. The normalized spacial score (nSPS) is 22.3. The molecule has 0 amide bonds. The highest BCUT2D eigenvalue weighted by Crippen LogP contribution is 2.34. The maximum atomic E-state index is 9.25. The molecule has 1 N–H and O–H groups in total. The number of benzene rings is 1. The van der Waals surface area contributed by atoms with Crippen LogP contribution in [0.15, 0.2) is 18.2 Å². The van der Waals surface area contributed by atoms with Crippen LogP contribution in [0.1, 0.15) is 36.9 Å². The Bertz CT molecular complexity index is 1140. The van der Waals surface area contributed by atoms with Gasteiger partial charge in [-0.3, -0.25) is 0 Å². The van der Waals surface area contributed by atoms with E-state index in [1.54, 1.807) is 7.11 Å². The summed E-state index contributed by atoms with van der Waals surface area (Å²) in [6.45, 7) is 5.65. The lowest BCUT2D eigenvalue weighted by Crippen LogP contribution is -2.51. The molecule has 1 aromatic heterocycles. The minimum atomic E-state index is 0.129. The van der Waals surface area contributed by atoms with E-state index in [1.807, 2.05) is 18.2 Å². The summed E-state index contributed by atoms with van der Waals surface area (Å²) in [4.78, 5) is 16.9. The third-order valence-electron chi connectivity index (χ3n) is 7.72. The van der Waals surface area contributed by atoms with Crippen molar-refractivity contribution in [3.63, 3.8) is 0 Å². The fourth-order valence-corrected chi connectivity index (χ4v) is 5.86. The predicted octanol–water partition coefficient (Wildman–Crippen LogP) is 3.26. The Kier molecular flexibility index (Phi) is 8.18. The van der Waals surface area contributed by atoms with Crippen LogP contribution in [0.25, 0.3) is 0 Å². The van der Waals surface area contributed by atoms with Gasteiger partial charge in [-0.25, -0.2) is 0 Å². The van der Waals surface area contributed by atoms with Crippen molar-refractivity contribution >= 4 is 23.1 Å². The minimum absolute atomic E-state index is 0.129. The Morgan fingerprint density at radius 2 is 2.08 bits per heavy atom. The SMILES string of the molecule is COc1ccc(N2CCCc3c(nc(OC[C@@H]4CCCN4C)nc3N3CCNC(CC#N)C3)C2)cc1Cl. The van der Waals surface area contributed by atoms with E-state index in [4.69, 9.17) is 31.0 Å². The lowest BCUT2D eigenvalue weighted by atomic mass is 10.1. The Morgan fingerprint density at radius 3 is 2.84 bits per heavy atom. The Labute approximate surface area is 224 Å². The van der Waals surface area contributed by atoms with E-state index in [1.165, 1.54) is 12.0 Å². The van der Waals surface area contributed by atoms with Gasteiger partial charge in [0.05, 0.1) is 36.9 Å². The maximum Gasteiger partial charge on any atom is 0.318 e. The van der Waals surface area contributed by atoms with Gasteiger partial charge >= 0.3 is 6.01 Å². The number of hydrogen-bond acceptors (Lipinski definition) is 9. The summed E-state index contributed by atoms with van der Waals surface area (Å²) in [5.41, 5.74) is 3.23. The fourth-order valence-electron chi connectivity index (χ4n) is 5.61. The van der Waals surface area contributed by atoms with Gasteiger partial charge in [-0.1, -0.05) is 11.6 Å². The van der Waals surface area contributed by atoms with Crippen LogP contribution in [0.3, 0.4) is 0 Å². The summed E-state index contributed by atoms with van der Waals surface area (Å²) < 4.78 is 11.6. The zero-order valence-electron chi connectivity index (χ0n) is 21.7. The number of likely N-dealkylation sites (tertiary alicyclic amines) is 1. The summed E-state index contributed by atoms with van der Waals surface area (Å²) >= 11 is 6.46. The molecule has 2 fully saturated rings. The van der Waals surface area contributed by atoms with Crippen molar-refractivity contribution in [2.45, 2.75) is 50.7 Å². The lowest BCUT2D eigenvalue weighted by Gasteiger charge is -2.35. The number of piperazine rings is 1. The third kappa shape index (κ3) is 5.87. The predicted molar refractivity (Wildman–Crippen MR) is 145 cm³/mol. The quantitative estimate of drug-likeness (QED) is 0.585. The van der Waals surface area contributed by atoms with E-state index in [2.05, 4.69) is 33.1 Å². The molecule has 2 saturated heterocycles. The number of halogens is 1. The molecule has 0 spiro atoms. The topological polar surface area (TPSA) is 89.8 Å². The van der Waals surface area contributed by atoms with E-state index >= 15 is 0 Å². The first kappa shape index (κ1) is 25.8. The van der Waals surface area contributed by atoms with Crippen LogP contribution in [0.2, 0.25) is 5.02 Å². The third-order valence-corrected chi connectivity index (χ3v) is 8.01. The zero-order chi connectivity index (χ0) is 25.8. The van der Waals surface area contributed by atoms with Gasteiger partial charge in [0.2, 0.25) is 0 Å². The van der Waals surface area contributed by atoms with Crippen LogP contribution in [-0.2, 0) is 13.0 Å². The molecule has 1 aromatic carbocycles. The molecular formula is C27H36ClN7O2. The molecule has 5 rings (SSSR count). The molecular weight excluding hydrogens is 490 g/mol. The molecule has 3 aliphatic rings. The van der Waals surface area contributed by atoms with Gasteiger partial charge in [0.15, 0.2) is 0 Å². The Morgan fingerprint density at radius 1 is 1.19 bits per heavy atom. The van der Waals surface area contributed by atoms with E-state index in [9.17, 15) is 5.26 Å². The highest BCUT2D eigenvalue weighted by molar-refractivity contribution is 6.32. The van der Waals surface area contributed by atoms with Gasteiger partial charge in [0.1, 0.15) is 18.2 Å². The number of nitrogens with zero attached hydrogens (tertiary/aromatic N) is 6. The number of anilines is 2. The van der Waals surface area contributed by atoms with Crippen molar-refractivity contribution in [3.8, 4) is 17.8 Å². The Balaban J connectivity index is 1.45. The average Bonchev–Trinajstić information content (AvgIpc) is 3.19. The van der Waals surface area contributed by atoms with Crippen LogP contribution >= 0.6 is 11.6 Å². The first-order valence-electron chi connectivity index (χ1n) is 13.2. The highest BCUT2D eigenvalue weighted by Gasteiger charge is 2.28. The molecule has 37 heavy (non-hydrogen) atoms. The Hall–Kier alpha value is -2.80. The number of hydrogen-bond donors (Lipinski definition) is 1. The number of methoxy groups -OCH3 is 1. The van der Waals surface area contributed by atoms with Crippen LogP contribution < -0.4 is 24.6 Å². The molecule has 0 saturated carbocycles. The maximum absolute atomic E-state index is 9.25. The van der Waals surface area contributed by atoms with Crippen LogP contribution in [0, 0.1) is 11.3 Å². The molecule has 9 nitrogen and oxygen atoms in total. The smallest absolute Gasteiger partial charge is 0.318 e. The van der Waals surface area contributed by atoms with Gasteiger partial charge < -0.3 is 29.5 Å². The summed E-state index contributed by atoms with van der Waals surface area (Å²) in [5.74, 6) is 1.63. The number of fused-ring (bicyclic) bond motifs is 1. The van der Waals surface area contributed by atoms with Crippen molar-refractivity contribution in [1.82, 2.24) is 20.2 Å². The zero-order valence-corrected chi connectivity index (χ0v) is 22.5. The molecule has 4 heterocycles. The monoisotopic (exact) mass is 525 g/mol. The summed E-state index contributed by atoms with van der Waals surface area (Å²) in [6, 6.07) is 9.20. The van der Waals surface area contributed by atoms with Crippen LogP contribution in [0.5, 0.6) is 11.8 Å². The molecule has 0 radical (unpaired) electrons. The minimum Gasteiger partial charge on any atom is -0.495 e. The van der Waals surface area contributed by atoms with Gasteiger partial charge in [-0.15, -0.1) is 0 Å². The van der Waals surface area contributed by atoms with Gasteiger partial charge in [0, 0.05) is 49.5 Å². The molecule has 2 aromatic rings. The van der Waals surface area contributed by atoms with Crippen molar-refractivity contribution in [2.75, 3.05) is 63.3 Å².